The lowest BCUT2D eigenvalue weighted by molar-refractivity contribution is -0.136. The number of carbonyl (C=O) groups is 1. The van der Waals surface area contributed by atoms with Gasteiger partial charge < -0.3 is 5.11 Å². The summed E-state index contributed by atoms with van der Waals surface area (Å²) in [6.07, 6.45) is 1.40. The highest BCUT2D eigenvalue weighted by Crippen LogP contribution is 2.22. The van der Waals surface area contributed by atoms with Crippen molar-refractivity contribution in [2.24, 2.45) is 0 Å². The molecule has 2 nitrogen and oxygen atoms in total. The number of benzene rings is 1. The summed E-state index contributed by atoms with van der Waals surface area (Å²) in [4.78, 5) is 10.2. The van der Waals surface area contributed by atoms with E-state index in [0.717, 1.165) is 6.42 Å². The Labute approximate surface area is 111 Å². The maximum absolute atomic E-state index is 10.7. The van der Waals surface area contributed by atoms with E-state index in [9.17, 15) is 4.79 Å². The zero-order valence-corrected chi connectivity index (χ0v) is 12.1. The number of aryl methyl sites for hydroxylation is 1. The third kappa shape index (κ3) is 4.50. The van der Waals surface area contributed by atoms with Gasteiger partial charge in [-0.2, -0.15) is 0 Å². The van der Waals surface area contributed by atoms with Crippen LogP contribution in [0.1, 0.15) is 38.3 Å². The van der Waals surface area contributed by atoms with Crippen LogP contribution in [0.5, 0.6) is 0 Å². The Morgan fingerprint density at radius 1 is 1.29 bits per heavy atom. The average molecular weight is 299 g/mol. The summed E-state index contributed by atoms with van der Waals surface area (Å²) in [7, 11) is 0. The fourth-order valence-electron chi connectivity index (χ4n) is 1.59. The molecule has 0 saturated carbocycles. The third-order valence-electron chi connectivity index (χ3n) is 2.77. The molecule has 0 fully saturated rings. The average Bonchev–Trinajstić information content (AvgIpc) is 2.25. The Hall–Kier alpha value is -0.830. The number of carboxylic acids is 1. The Morgan fingerprint density at radius 3 is 2.24 bits per heavy atom. The van der Waals surface area contributed by atoms with Gasteiger partial charge in [-0.05, 0) is 29.4 Å². The van der Waals surface area contributed by atoms with Gasteiger partial charge in [0.1, 0.15) is 4.83 Å². The minimum absolute atomic E-state index is 0.164. The lowest BCUT2D eigenvalue weighted by Crippen LogP contribution is -2.13. The molecule has 3 heteroatoms. The molecule has 94 valence electrons. The van der Waals surface area contributed by atoms with Crippen molar-refractivity contribution in [3.05, 3.63) is 35.4 Å². The molecule has 0 aliphatic heterocycles. The number of halogens is 1. The Morgan fingerprint density at radius 2 is 1.82 bits per heavy atom. The molecule has 1 rings (SSSR count). The van der Waals surface area contributed by atoms with E-state index in [2.05, 4.69) is 61.0 Å². The van der Waals surface area contributed by atoms with E-state index < -0.39 is 10.8 Å². The molecular weight excluding hydrogens is 280 g/mol. The molecule has 0 amide bonds. The number of aliphatic carboxylic acids is 1. The normalized spacial score (nSPS) is 13.4. The largest absolute Gasteiger partial charge is 0.480 e. The molecule has 0 aliphatic rings. The lowest BCUT2D eigenvalue weighted by atomic mass is 9.86. The van der Waals surface area contributed by atoms with Crippen LogP contribution in [0.4, 0.5) is 0 Å². The highest BCUT2D eigenvalue weighted by Gasteiger charge is 2.14. The SMILES string of the molecule is CC(C)(C)c1ccc(CCC(Br)C(=O)O)cc1. The second-order valence-corrected chi connectivity index (χ2v) is 6.40. The molecule has 17 heavy (non-hydrogen) atoms. The molecule has 0 bridgehead atoms. The van der Waals surface area contributed by atoms with Gasteiger partial charge in [0.25, 0.3) is 0 Å². The van der Waals surface area contributed by atoms with E-state index in [4.69, 9.17) is 5.11 Å². The lowest BCUT2D eigenvalue weighted by Gasteiger charge is -2.19. The number of hydrogen-bond acceptors (Lipinski definition) is 1. The van der Waals surface area contributed by atoms with E-state index in [-0.39, 0.29) is 5.41 Å². The summed E-state index contributed by atoms with van der Waals surface area (Å²) in [6, 6.07) is 8.42. The summed E-state index contributed by atoms with van der Waals surface area (Å²) in [5.74, 6) is -0.795. The van der Waals surface area contributed by atoms with Gasteiger partial charge >= 0.3 is 5.97 Å². The molecule has 0 saturated heterocycles. The first kappa shape index (κ1) is 14.2. The molecule has 1 N–H and O–H groups in total. The van der Waals surface area contributed by atoms with Gasteiger partial charge in [0, 0.05) is 0 Å². The van der Waals surface area contributed by atoms with Crippen LogP contribution in [-0.2, 0) is 16.6 Å². The van der Waals surface area contributed by atoms with Crippen LogP contribution in [-0.4, -0.2) is 15.9 Å². The van der Waals surface area contributed by atoms with E-state index in [1.165, 1.54) is 11.1 Å². The fraction of sp³-hybridized carbons (Fsp3) is 0.500. The van der Waals surface area contributed by atoms with Crippen molar-refractivity contribution >= 4 is 21.9 Å². The van der Waals surface area contributed by atoms with Gasteiger partial charge in [-0.1, -0.05) is 61.0 Å². The van der Waals surface area contributed by atoms with Gasteiger partial charge in [-0.25, -0.2) is 0 Å². The van der Waals surface area contributed by atoms with Crippen molar-refractivity contribution < 1.29 is 9.90 Å². The molecule has 0 aromatic heterocycles. The predicted molar refractivity (Wildman–Crippen MR) is 73.8 cm³/mol. The van der Waals surface area contributed by atoms with Gasteiger partial charge in [-0.3, -0.25) is 4.79 Å². The number of hydrogen-bond donors (Lipinski definition) is 1. The summed E-state index contributed by atoms with van der Waals surface area (Å²) in [5.41, 5.74) is 2.65. The Bertz CT molecular complexity index is 376. The van der Waals surface area contributed by atoms with E-state index in [1.807, 2.05) is 0 Å². The molecule has 1 aromatic carbocycles. The van der Waals surface area contributed by atoms with E-state index >= 15 is 0 Å². The molecule has 1 aromatic rings. The predicted octanol–water partition coefficient (Wildman–Crippen LogP) is 3.76. The number of carboxylic acid groups (broad SMARTS) is 1. The number of rotatable bonds is 4. The van der Waals surface area contributed by atoms with Crippen molar-refractivity contribution in [1.29, 1.82) is 0 Å². The Kier molecular flexibility index (Phi) is 4.75. The van der Waals surface area contributed by atoms with Crippen LogP contribution in [0.25, 0.3) is 0 Å². The van der Waals surface area contributed by atoms with Gasteiger partial charge in [0.05, 0.1) is 0 Å². The maximum Gasteiger partial charge on any atom is 0.317 e. The highest BCUT2D eigenvalue weighted by atomic mass is 79.9. The van der Waals surface area contributed by atoms with E-state index in [0.29, 0.717) is 6.42 Å². The minimum atomic E-state index is -0.795. The minimum Gasteiger partial charge on any atom is -0.480 e. The van der Waals surface area contributed by atoms with Crippen molar-refractivity contribution in [2.45, 2.75) is 43.9 Å². The summed E-state index contributed by atoms with van der Waals surface area (Å²) in [5, 5.41) is 8.76. The van der Waals surface area contributed by atoms with Crippen LogP contribution in [0.15, 0.2) is 24.3 Å². The molecule has 0 aliphatic carbocycles. The van der Waals surface area contributed by atoms with Crippen LogP contribution in [0, 0.1) is 0 Å². The van der Waals surface area contributed by atoms with Crippen LogP contribution in [0.2, 0.25) is 0 Å². The first-order valence-corrected chi connectivity index (χ1v) is 6.68. The fourth-order valence-corrected chi connectivity index (χ4v) is 1.82. The smallest absolute Gasteiger partial charge is 0.317 e. The zero-order chi connectivity index (χ0) is 13.1. The van der Waals surface area contributed by atoms with Gasteiger partial charge in [-0.15, -0.1) is 0 Å². The highest BCUT2D eigenvalue weighted by molar-refractivity contribution is 9.10. The molecule has 0 radical (unpaired) electrons. The quantitative estimate of drug-likeness (QED) is 0.859. The molecule has 0 heterocycles. The molecular formula is C14H19BrO2. The van der Waals surface area contributed by atoms with Crippen LogP contribution < -0.4 is 0 Å². The van der Waals surface area contributed by atoms with Crippen molar-refractivity contribution in [2.75, 3.05) is 0 Å². The maximum atomic E-state index is 10.7. The topological polar surface area (TPSA) is 37.3 Å². The van der Waals surface area contributed by atoms with E-state index in [1.54, 1.807) is 0 Å². The summed E-state index contributed by atoms with van der Waals surface area (Å²) in [6.45, 7) is 6.54. The van der Waals surface area contributed by atoms with Gasteiger partial charge in [0.2, 0.25) is 0 Å². The van der Waals surface area contributed by atoms with Crippen LogP contribution >= 0.6 is 15.9 Å². The zero-order valence-electron chi connectivity index (χ0n) is 10.5. The van der Waals surface area contributed by atoms with Crippen molar-refractivity contribution in [1.82, 2.24) is 0 Å². The molecule has 1 atom stereocenters. The summed E-state index contributed by atoms with van der Waals surface area (Å²) < 4.78 is 0. The first-order valence-electron chi connectivity index (χ1n) is 5.77. The van der Waals surface area contributed by atoms with Crippen molar-refractivity contribution in [3.8, 4) is 0 Å². The number of alkyl halides is 1. The second-order valence-electron chi connectivity index (χ2n) is 5.29. The Balaban J connectivity index is 2.60. The summed E-state index contributed by atoms with van der Waals surface area (Å²) >= 11 is 3.15. The molecule has 0 spiro atoms. The second kappa shape index (κ2) is 5.67. The van der Waals surface area contributed by atoms with Crippen molar-refractivity contribution in [3.63, 3.8) is 0 Å². The van der Waals surface area contributed by atoms with Gasteiger partial charge in [0.15, 0.2) is 0 Å². The third-order valence-corrected chi connectivity index (χ3v) is 3.62. The van der Waals surface area contributed by atoms with Crippen LogP contribution in [0.3, 0.4) is 0 Å². The standard InChI is InChI=1S/C14H19BrO2/c1-14(2,3)11-7-4-10(5-8-11)6-9-12(15)13(16)17/h4-5,7-8,12H,6,9H2,1-3H3,(H,16,17). The molecule has 1 unspecified atom stereocenters. The first-order chi connectivity index (χ1) is 7.80. The monoisotopic (exact) mass is 298 g/mol.